The highest BCUT2D eigenvalue weighted by atomic mass is 16.2. The normalized spacial score (nSPS) is 26.0. The number of rotatable bonds is 2. The van der Waals surface area contributed by atoms with E-state index in [0.29, 0.717) is 18.8 Å². The van der Waals surface area contributed by atoms with E-state index in [4.69, 9.17) is 0 Å². The summed E-state index contributed by atoms with van der Waals surface area (Å²) in [5.74, 6) is 0.311. The smallest absolute Gasteiger partial charge is 0.244 e. The molecule has 94 valence electrons. The average molecular weight is 242 g/mol. The summed E-state index contributed by atoms with van der Waals surface area (Å²) in [6.07, 6.45) is 1.33. The topological polar surface area (TPSA) is 52.9 Å². The second-order valence-electron chi connectivity index (χ2n) is 5.41. The van der Waals surface area contributed by atoms with Gasteiger partial charge in [0.2, 0.25) is 5.91 Å². The van der Waals surface area contributed by atoms with Gasteiger partial charge in [0.25, 0.3) is 0 Å². The second-order valence-corrected chi connectivity index (χ2v) is 5.41. The molecule has 1 aliphatic rings. The first kappa shape index (κ1) is 12.6. The summed E-state index contributed by atoms with van der Waals surface area (Å²) >= 11 is 0. The zero-order valence-electron chi connectivity index (χ0n) is 11.1. The van der Waals surface area contributed by atoms with E-state index in [2.05, 4.69) is 18.3 Å². The average Bonchev–Trinajstić information content (AvgIpc) is 2.30. The van der Waals surface area contributed by atoms with Gasteiger partial charge in [0, 0.05) is 5.69 Å². The number of amides is 1. The van der Waals surface area contributed by atoms with Crippen molar-refractivity contribution in [2.75, 3.05) is 5.32 Å². The van der Waals surface area contributed by atoms with Gasteiger partial charge in [0.1, 0.15) is 5.41 Å². The summed E-state index contributed by atoms with van der Waals surface area (Å²) in [7, 11) is 0. The van der Waals surface area contributed by atoms with Crippen molar-refractivity contribution in [3.63, 3.8) is 0 Å². The highest BCUT2D eigenvalue weighted by Crippen LogP contribution is 2.45. The fourth-order valence-corrected chi connectivity index (χ4v) is 2.59. The van der Waals surface area contributed by atoms with E-state index in [1.54, 1.807) is 0 Å². The summed E-state index contributed by atoms with van der Waals surface area (Å²) in [6, 6.07) is 8.00. The number of carbonyl (C=O) groups is 1. The standard InChI is InChI=1S/C15H18N2O/c1-10-7-15(8-10,9-16)14(18)17-13-6-4-5-11(2)12(13)3/h4-6,10H,7-8H2,1-3H3,(H,17,18). The van der Waals surface area contributed by atoms with Crippen LogP contribution in [0.4, 0.5) is 5.69 Å². The van der Waals surface area contributed by atoms with Gasteiger partial charge in [-0.1, -0.05) is 19.1 Å². The maximum absolute atomic E-state index is 12.2. The molecule has 3 nitrogen and oxygen atoms in total. The van der Waals surface area contributed by atoms with E-state index in [1.807, 2.05) is 32.0 Å². The number of hydrogen-bond donors (Lipinski definition) is 1. The van der Waals surface area contributed by atoms with Crippen LogP contribution in [0, 0.1) is 36.5 Å². The lowest BCUT2D eigenvalue weighted by Gasteiger charge is -2.39. The molecule has 0 bridgehead atoms. The second kappa shape index (κ2) is 4.45. The maximum atomic E-state index is 12.2. The quantitative estimate of drug-likeness (QED) is 0.866. The molecule has 0 atom stereocenters. The van der Waals surface area contributed by atoms with E-state index in [1.165, 1.54) is 0 Å². The molecule has 1 aliphatic carbocycles. The summed E-state index contributed by atoms with van der Waals surface area (Å²) in [4.78, 5) is 12.2. The molecule has 18 heavy (non-hydrogen) atoms. The van der Waals surface area contributed by atoms with E-state index in [9.17, 15) is 10.1 Å². The lowest BCUT2D eigenvalue weighted by Crippen LogP contribution is -2.45. The molecular formula is C15H18N2O. The van der Waals surface area contributed by atoms with E-state index in [-0.39, 0.29) is 5.91 Å². The van der Waals surface area contributed by atoms with Gasteiger partial charge in [-0.15, -0.1) is 0 Å². The first-order valence-electron chi connectivity index (χ1n) is 6.27. The summed E-state index contributed by atoms with van der Waals surface area (Å²) in [5, 5.41) is 12.1. The van der Waals surface area contributed by atoms with Crippen molar-refractivity contribution in [1.29, 1.82) is 5.26 Å². The monoisotopic (exact) mass is 242 g/mol. The molecule has 0 heterocycles. The van der Waals surface area contributed by atoms with Gasteiger partial charge in [0.15, 0.2) is 0 Å². The van der Waals surface area contributed by atoms with Gasteiger partial charge in [-0.05, 0) is 49.8 Å². The van der Waals surface area contributed by atoms with Crippen molar-refractivity contribution in [2.45, 2.75) is 33.6 Å². The zero-order valence-corrected chi connectivity index (χ0v) is 11.1. The third kappa shape index (κ3) is 1.99. The van der Waals surface area contributed by atoms with Gasteiger partial charge >= 0.3 is 0 Å². The van der Waals surface area contributed by atoms with Crippen molar-refractivity contribution in [1.82, 2.24) is 0 Å². The number of nitrogens with one attached hydrogen (secondary N) is 1. The number of aryl methyl sites for hydroxylation is 1. The Balaban J connectivity index is 2.18. The van der Waals surface area contributed by atoms with Crippen molar-refractivity contribution in [3.8, 4) is 6.07 Å². The number of hydrogen-bond acceptors (Lipinski definition) is 2. The predicted molar refractivity (Wildman–Crippen MR) is 71.0 cm³/mol. The Morgan fingerprint density at radius 2 is 2.11 bits per heavy atom. The minimum Gasteiger partial charge on any atom is -0.324 e. The molecule has 3 heteroatoms. The third-order valence-corrected chi connectivity index (χ3v) is 3.90. The van der Waals surface area contributed by atoms with Gasteiger partial charge in [-0.25, -0.2) is 0 Å². The first-order valence-corrected chi connectivity index (χ1v) is 6.27. The first-order chi connectivity index (χ1) is 8.48. The van der Waals surface area contributed by atoms with E-state index >= 15 is 0 Å². The molecule has 1 aromatic carbocycles. The van der Waals surface area contributed by atoms with Crippen LogP contribution in [0.3, 0.4) is 0 Å². The van der Waals surface area contributed by atoms with Crippen molar-refractivity contribution >= 4 is 11.6 Å². The molecule has 1 fully saturated rings. The molecule has 0 unspecified atom stereocenters. The molecule has 1 N–H and O–H groups in total. The van der Waals surface area contributed by atoms with E-state index < -0.39 is 5.41 Å². The van der Waals surface area contributed by atoms with Crippen LogP contribution in [0.25, 0.3) is 0 Å². The summed E-state index contributed by atoms with van der Waals surface area (Å²) < 4.78 is 0. The molecule has 1 aromatic rings. The van der Waals surface area contributed by atoms with Gasteiger partial charge in [-0.3, -0.25) is 4.79 Å². The SMILES string of the molecule is Cc1cccc(NC(=O)C2(C#N)CC(C)C2)c1C. The van der Waals surface area contributed by atoms with Gasteiger partial charge < -0.3 is 5.32 Å². The molecule has 0 aliphatic heterocycles. The van der Waals surface area contributed by atoms with Crippen LogP contribution in [0.5, 0.6) is 0 Å². The highest BCUT2D eigenvalue weighted by Gasteiger charge is 2.49. The Hall–Kier alpha value is -1.82. The summed E-state index contributed by atoms with van der Waals surface area (Å²) in [6.45, 7) is 6.06. The minimum atomic E-state index is -0.810. The van der Waals surface area contributed by atoms with Gasteiger partial charge in [-0.2, -0.15) is 5.26 Å². The van der Waals surface area contributed by atoms with Crippen LogP contribution >= 0.6 is 0 Å². The molecular weight excluding hydrogens is 224 g/mol. The maximum Gasteiger partial charge on any atom is 0.244 e. The van der Waals surface area contributed by atoms with E-state index in [0.717, 1.165) is 16.8 Å². The number of benzene rings is 1. The van der Waals surface area contributed by atoms with Gasteiger partial charge in [0.05, 0.1) is 6.07 Å². The van der Waals surface area contributed by atoms with Crippen LogP contribution in [0.2, 0.25) is 0 Å². The lowest BCUT2D eigenvalue weighted by molar-refractivity contribution is -0.128. The summed E-state index contributed by atoms with van der Waals surface area (Å²) in [5.41, 5.74) is 2.21. The van der Waals surface area contributed by atoms with Crippen LogP contribution < -0.4 is 5.32 Å². The Kier molecular flexibility index (Phi) is 3.13. The number of anilines is 1. The lowest BCUT2D eigenvalue weighted by atomic mass is 9.63. The minimum absolute atomic E-state index is 0.156. The Bertz CT molecular complexity index is 522. The Morgan fingerprint density at radius 1 is 1.44 bits per heavy atom. The largest absolute Gasteiger partial charge is 0.324 e. The molecule has 1 amide bonds. The molecule has 0 saturated heterocycles. The van der Waals surface area contributed by atoms with Crippen LogP contribution in [0.15, 0.2) is 18.2 Å². The zero-order chi connectivity index (χ0) is 13.3. The molecule has 2 rings (SSSR count). The molecule has 0 spiro atoms. The molecule has 0 aromatic heterocycles. The van der Waals surface area contributed by atoms with Crippen molar-refractivity contribution in [3.05, 3.63) is 29.3 Å². The van der Waals surface area contributed by atoms with Crippen LogP contribution in [-0.4, -0.2) is 5.91 Å². The Morgan fingerprint density at radius 3 is 2.67 bits per heavy atom. The Labute approximate surface area is 108 Å². The highest BCUT2D eigenvalue weighted by molar-refractivity contribution is 5.98. The predicted octanol–water partition coefficient (Wildman–Crippen LogP) is 3.18. The molecule has 0 radical (unpaired) electrons. The number of carbonyl (C=O) groups excluding carboxylic acids is 1. The number of nitrogens with zero attached hydrogens (tertiary/aromatic N) is 1. The fourth-order valence-electron chi connectivity index (χ4n) is 2.59. The third-order valence-electron chi connectivity index (χ3n) is 3.90. The number of nitriles is 1. The molecule has 1 saturated carbocycles. The van der Waals surface area contributed by atoms with Crippen molar-refractivity contribution in [2.24, 2.45) is 11.3 Å². The van der Waals surface area contributed by atoms with Crippen LogP contribution in [0.1, 0.15) is 30.9 Å². The fraction of sp³-hybridized carbons (Fsp3) is 0.467. The van der Waals surface area contributed by atoms with Crippen LogP contribution in [-0.2, 0) is 4.79 Å². The van der Waals surface area contributed by atoms with Crippen molar-refractivity contribution < 1.29 is 4.79 Å².